The highest BCUT2D eigenvalue weighted by molar-refractivity contribution is 5.32. The Morgan fingerprint density at radius 3 is 2.89 bits per heavy atom. The van der Waals surface area contributed by atoms with Crippen molar-refractivity contribution in [3.8, 4) is 5.69 Å². The summed E-state index contributed by atoms with van der Waals surface area (Å²) in [6.07, 6.45) is 6.65. The van der Waals surface area contributed by atoms with E-state index < -0.39 is 0 Å². The van der Waals surface area contributed by atoms with Crippen LogP contribution >= 0.6 is 0 Å². The topological polar surface area (TPSA) is 60.6 Å². The maximum absolute atomic E-state index is 4.30. The van der Waals surface area contributed by atoms with Crippen LogP contribution in [0.1, 0.15) is 24.2 Å². The molecule has 0 radical (unpaired) electrons. The zero-order valence-corrected chi connectivity index (χ0v) is 10.8. The molecule has 0 unspecified atom stereocenters. The highest BCUT2D eigenvalue weighted by Crippen LogP contribution is 2.27. The van der Waals surface area contributed by atoms with Crippen LogP contribution in [-0.2, 0) is 13.6 Å². The van der Waals surface area contributed by atoms with Gasteiger partial charge >= 0.3 is 0 Å². The van der Waals surface area contributed by atoms with E-state index in [2.05, 4.69) is 20.7 Å². The molecule has 0 bridgehead atoms. The third kappa shape index (κ3) is 2.43. The van der Waals surface area contributed by atoms with E-state index in [1.54, 1.807) is 9.36 Å². The average Bonchev–Trinajstić information content (AvgIpc) is 2.92. The first-order chi connectivity index (χ1) is 8.72. The first-order valence-electron chi connectivity index (χ1n) is 6.35. The molecular formula is C12H18N6. The second-order valence-electron chi connectivity index (χ2n) is 5.00. The van der Waals surface area contributed by atoms with E-state index in [0.717, 1.165) is 36.1 Å². The summed E-state index contributed by atoms with van der Waals surface area (Å²) in [5.74, 6) is 0.889. The van der Waals surface area contributed by atoms with Gasteiger partial charge in [0.15, 0.2) is 0 Å². The molecule has 0 saturated heterocycles. The zero-order chi connectivity index (χ0) is 12.5. The second-order valence-corrected chi connectivity index (χ2v) is 5.00. The van der Waals surface area contributed by atoms with Gasteiger partial charge in [-0.2, -0.15) is 5.10 Å². The summed E-state index contributed by atoms with van der Waals surface area (Å²) >= 11 is 0. The van der Waals surface area contributed by atoms with Gasteiger partial charge in [-0.25, -0.2) is 4.68 Å². The van der Waals surface area contributed by atoms with Gasteiger partial charge in [-0.3, -0.25) is 4.68 Å². The Morgan fingerprint density at radius 1 is 1.39 bits per heavy atom. The number of hydrogen-bond donors (Lipinski definition) is 1. The summed E-state index contributed by atoms with van der Waals surface area (Å²) in [5, 5.41) is 16.0. The van der Waals surface area contributed by atoms with Crippen molar-refractivity contribution < 1.29 is 0 Å². The molecule has 2 aromatic heterocycles. The van der Waals surface area contributed by atoms with Crippen LogP contribution in [0.15, 0.2) is 12.4 Å². The average molecular weight is 246 g/mol. The molecule has 2 aromatic rings. The molecule has 3 rings (SSSR count). The van der Waals surface area contributed by atoms with Gasteiger partial charge in [-0.1, -0.05) is 5.21 Å². The first-order valence-corrected chi connectivity index (χ1v) is 6.35. The minimum atomic E-state index is 0.788. The standard InChI is InChI=1S/C12H18N6/c1-9-12(8-17(2)15-9)18-7-11(14-16-18)6-13-5-10-3-4-10/h7-8,10,13H,3-6H2,1-2H3. The molecule has 1 aliphatic carbocycles. The van der Waals surface area contributed by atoms with Gasteiger partial charge in [-0.05, 0) is 32.2 Å². The highest BCUT2D eigenvalue weighted by Gasteiger charge is 2.20. The molecule has 0 spiro atoms. The lowest BCUT2D eigenvalue weighted by Crippen LogP contribution is -2.16. The number of aromatic nitrogens is 5. The van der Waals surface area contributed by atoms with Gasteiger partial charge in [0.05, 0.1) is 23.8 Å². The van der Waals surface area contributed by atoms with Crippen molar-refractivity contribution in [3.05, 3.63) is 23.8 Å². The lowest BCUT2D eigenvalue weighted by Gasteiger charge is -1.98. The molecule has 96 valence electrons. The highest BCUT2D eigenvalue weighted by atomic mass is 15.4. The smallest absolute Gasteiger partial charge is 0.107 e. The largest absolute Gasteiger partial charge is 0.311 e. The molecule has 1 fully saturated rings. The van der Waals surface area contributed by atoms with Gasteiger partial charge < -0.3 is 5.32 Å². The fraction of sp³-hybridized carbons (Fsp3) is 0.583. The molecule has 2 heterocycles. The molecule has 6 heteroatoms. The minimum absolute atomic E-state index is 0.788. The Kier molecular flexibility index (Phi) is 2.87. The maximum Gasteiger partial charge on any atom is 0.107 e. The third-order valence-electron chi connectivity index (χ3n) is 3.21. The minimum Gasteiger partial charge on any atom is -0.311 e. The summed E-state index contributed by atoms with van der Waals surface area (Å²) < 4.78 is 3.58. The fourth-order valence-corrected chi connectivity index (χ4v) is 2.04. The van der Waals surface area contributed by atoms with Crippen LogP contribution < -0.4 is 5.32 Å². The molecule has 0 aliphatic heterocycles. The predicted molar refractivity (Wildman–Crippen MR) is 67.3 cm³/mol. The van der Waals surface area contributed by atoms with Gasteiger partial charge in [0.1, 0.15) is 5.69 Å². The zero-order valence-electron chi connectivity index (χ0n) is 10.8. The maximum atomic E-state index is 4.30. The van der Waals surface area contributed by atoms with Crippen LogP contribution in [0.5, 0.6) is 0 Å². The molecular weight excluding hydrogens is 228 g/mol. The summed E-state index contributed by atoms with van der Waals surface area (Å²) in [6.45, 7) is 3.86. The summed E-state index contributed by atoms with van der Waals surface area (Å²) in [5.41, 5.74) is 2.91. The van der Waals surface area contributed by atoms with Crippen molar-refractivity contribution in [1.29, 1.82) is 0 Å². The summed E-state index contributed by atoms with van der Waals surface area (Å²) in [6, 6.07) is 0. The van der Waals surface area contributed by atoms with Crippen molar-refractivity contribution >= 4 is 0 Å². The van der Waals surface area contributed by atoms with Crippen molar-refractivity contribution in [2.75, 3.05) is 6.54 Å². The Morgan fingerprint density at radius 2 is 2.22 bits per heavy atom. The number of hydrogen-bond acceptors (Lipinski definition) is 4. The number of nitrogens with zero attached hydrogens (tertiary/aromatic N) is 5. The van der Waals surface area contributed by atoms with Crippen molar-refractivity contribution in [2.24, 2.45) is 13.0 Å². The Hall–Kier alpha value is -1.69. The second kappa shape index (κ2) is 4.53. The van der Waals surface area contributed by atoms with E-state index in [-0.39, 0.29) is 0 Å². The van der Waals surface area contributed by atoms with E-state index in [9.17, 15) is 0 Å². The van der Waals surface area contributed by atoms with E-state index in [0.29, 0.717) is 0 Å². The molecule has 1 aliphatic rings. The van der Waals surface area contributed by atoms with Gasteiger partial charge in [0.2, 0.25) is 0 Å². The van der Waals surface area contributed by atoms with Crippen LogP contribution in [0, 0.1) is 12.8 Å². The monoisotopic (exact) mass is 246 g/mol. The van der Waals surface area contributed by atoms with E-state index in [1.807, 2.05) is 26.4 Å². The van der Waals surface area contributed by atoms with Crippen molar-refractivity contribution in [1.82, 2.24) is 30.1 Å². The van der Waals surface area contributed by atoms with E-state index >= 15 is 0 Å². The number of rotatable bonds is 5. The van der Waals surface area contributed by atoms with Crippen LogP contribution in [-0.4, -0.2) is 31.3 Å². The summed E-state index contributed by atoms with van der Waals surface area (Å²) in [4.78, 5) is 0. The molecule has 0 atom stereocenters. The molecule has 1 saturated carbocycles. The Bertz CT molecular complexity index is 537. The molecule has 18 heavy (non-hydrogen) atoms. The quantitative estimate of drug-likeness (QED) is 0.848. The van der Waals surface area contributed by atoms with Crippen LogP contribution in [0.4, 0.5) is 0 Å². The Labute approximate surface area is 106 Å². The molecule has 0 aromatic carbocycles. The van der Waals surface area contributed by atoms with E-state index in [1.165, 1.54) is 12.8 Å². The van der Waals surface area contributed by atoms with Crippen LogP contribution in [0.2, 0.25) is 0 Å². The molecule has 0 amide bonds. The van der Waals surface area contributed by atoms with Crippen LogP contribution in [0.25, 0.3) is 5.69 Å². The SMILES string of the molecule is Cc1nn(C)cc1-n1cc(CNCC2CC2)nn1. The first kappa shape index (κ1) is 11.4. The van der Waals surface area contributed by atoms with Gasteiger partial charge in [0, 0.05) is 13.6 Å². The van der Waals surface area contributed by atoms with Crippen LogP contribution in [0.3, 0.4) is 0 Å². The number of nitrogens with one attached hydrogen (secondary N) is 1. The lowest BCUT2D eigenvalue weighted by molar-refractivity contribution is 0.628. The fourth-order valence-electron chi connectivity index (χ4n) is 2.04. The molecule has 6 nitrogen and oxygen atoms in total. The molecule has 1 N–H and O–H groups in total. The van der Waals surface area contributed by atoms with Gasteiger partial charge in [-0.15, -0.1) is 5.10 Å². The van der Waals surface area contributed by atoms with Crippen molar-refractivity contribution in [3.63, 3.8) is 0 Å². The lowest BCUT2D eigenvalue weighted by atomic mass is 10.4. The predicted octanol–water partition coefficient (Wildman–Crippen LogP) is 0.809. The normalized spacial score (nSPS) is 15.2. The Balaban J connectivity index is 1.66. The number of aryl methyl sites for hydroxylation is 2. The van der Waals surface area contributed by atoms with E-state index in [4.69, 9.17) is 0 Å². The summed E-state index contributed by atoms with van der Waals surface area (Å²) in [7, 11) is 1.91. The third-order valence-corrected chi connectivity index (χ3v) is 3.21. The van der Waals surface area contributed by atoms with Crippen molar-refractivity contribution in [2.45, 2.75) is 26.3 Å². The van der Waals surface area contributed by atoms with Gasteiger partial charge in [0.25, 0.3) is 0 Å².